The molecule has 4 heteroatoms. The van der Waals surface area contributed by atoms with Crippen LogP contribution in [-0.2, 0) is 13.2 Å². The third-order valence-electron chi connectivity index (χ3n) is 4.45. The molecule has 27 heavy (non-hydrogen) atoms. The van der Waals surface area contributed by atoms with E-state index in [2.05, 4.69) is 37.4 Å². The number of benzene rings is 3. The Kier molecular flexibility index (Phi) is 6.25. The molecule has 0 bridgehead atoms. The molecule has 0 heterocycles. The molecule has 0 fully saturated rings. The van der Waals surface area contributed by atoms with E-state index in [1.807, 2.05) is 42.5 Å². The lowest BCUT2D eigenvalue weighted by atomic mass is 10.1. The third kappa shape index (κ3) is 4.95. The summed E-state index contributed by atoms with van der Waals surface area (Å²) in [7, 11) is 1.65. The SMILES string of the molecule is COc1cc(CNc2cc(C)ccc2C)ccc1OCc1ccccc1Cl. The minimum absolute atomic E-state index is 0.399. The number of hydrogen-bond donors (Lipinski definition) is 1. The summed E-state index contributed by atoms with van der Waals surface area (Å²) in [6, 6.07) is 20.1. The molecule has 0 atom stereocenters. The van der Waals surface area contributed by atoms with Crippen molar-refractivity contribution < 1.29 is 9.47 Å². The highest BCUT2D eigenvalue weighted by Gasteiger charge is 2.08. The van der Waals surface area contributed by atoms with Crippen LogP contribution in [0.3, 0.4) is 0 Å². The number of halogens is 1. The van der Waals surface area contributed by atoms with Gasteiger partial charge in [-0.25, -0.2) is 0 Å². The fraction of sp³-hybridized carbons (Fsp3) is 0.217. The minimum atomic E-state index is 0.399. The van der Waals surface area contributed by atoms with Crippen LogP contribution < -0.4 is 14.8 Å². The molecule has 140 valence electrons. The third-order valence-corrected chi connectivity index (χ3v) is 4.81. The summed E-state index contributed by atoms with van der Waals surface area (Å²) in [5, 5.41) is 4.19. The molecule has 1 N–H and O–H groups in total. The molecule has 3 aromatic rings. The van der Waals surface area contributed by atoms with Crippen molar-refractivity contribution in [3.63, 3.8) is 0 Å². The van der Waals surface area contributed by atoms with E-state index >= 15 is 0 Å². The molecular formula is C23H24ClNO2. The van der Waals surface area contributed by atoms with Crippen LogP contribution in [0.1, 0.15) is 22.3 Å². The maximum atomic E-state index is 6.19. The van der Waals surface area contributed by atoms with Crippen LogP contribution in [0.15, 0.2) is 60.7 Å². The van der Waals surface area contributed by atoms with Crippen LogP contribution in [0.4, 0.5) is 5.69 Å². The number of ether oxygens (including phenoxy) is 2. The molecule has 3 nitrogen and oxygen atoms in total. The second kappa shape index (κ2) is 8.83. The second-order valence-corrected chi connectivity index (χ2v) is 6.94. The van der Waals surface area contributed by atoms with E-state index in [0.29, 0.717) is 29.7 Å². The van der Waals surface area contributed by atoms with Crippen LogP contribution in [0, 0.1) is 13.8 Å². The molecule has 0 spiro atoms. The molecule has 0 aliphatic heterocycles. The largest absolute Gasteiger partial charge is 0.493 e. The number of nitrogens with one attached hydrogen (secondary N) is 1. The van der Waals surface area contributed by atoms with Crippen LogP contribution in [0.5, 0.6) is 11.5 Å². The molecule has 0 saturated heterocycles. The van der Waals surface area contributed by atoms with Gasteiger partial charge in [-0.2, -0.15) is 0 Å². The molecule has 0 aliphatic rings. The lowest BCUT2D eigenvalue weighted by Gasteiger charge is -2.14. The van der Waals surface area contributed by atoms with Gasteiger partial charge < -0.3 is 14.8 Å². The van der Waals surface area contributed by atoms with Gasteiger partial charge in [-0.3, -0.25) is 0 Å². The van der Waals surface area contributed by atoms with E-state index in [4.69, 9.17) is 21.1 Å². The zero-order valence-corrected chi connectivity index (χ0v) is 16.6. The van der Waals surface area contributed by atoms with Crippen LogP contribution in [0.25, 0.3) is 0 Å². The van der Waals surface area contributed by atoms with E-state index in [9.17, 15) is 0 Å². The average Bonchev–Trinajstić information content (AvgIpc) is 2.68. The number of hydrogen-bond acceptors (Lipinski definition) is 3. The first-order valence-corrected chi connectivity index (χ1v) is 9.29. The van der Waals surface area contributed by atoms with Gasteiger partial charge in [0.2, 0.25) is 0 Å². The van der Waals surface area contributed by atoms with E-state index in [1.54, 1.807) is 7.11 Å². The van der Waals surface area contributed by atoms with Gasteiger partial charge in [0.25, 0.3) is 0 Å². The molecular weight excluding hydrogens is 358 g/mol. The van der Waals surface area contributed by atoms with Gasteiger partial charge in [0.15, 0.2) is 11.5 Å². The molecule has 0 amide bonds. The summed E-state index contributed by atoms with van der Waals surface area (Å²) in [6.07, 6.45) is 0. The average molecular weight is 382 g/mol. The Morgan fingerprint density at radius 2 is 1.74 bits per heavy atom. The van der Waals surface area contributed by atoms with Crippen molar-refractivity contribution in [2.45, 2.75) is 27.0 Å². The first kappa shape index (κ1) is 19.1. The van der Waals surface area contributed by atoms with E-state index < -0.39 is 0 Å². The van der Waals surface area contributed by atoms with Gasteiger partial charge in [-0.1, -0.05) is 48.0 Å². The van der Waals surface area contributed by atoms with Crippen molar-refractivity contribution in [1.82, 2.24) is 0 Å². The summed E-state index contributed by atoms with van der Waals surface area (Å²) in [4.78, 5) is 0. The lowest BCUT2D eigenvalue weighted by Crippen LogP contribution is -2.03. The van der Waals surface area contributed by atoms with Gasteiger partial charge in [-0.05, 0) is 54.8 Å². The van der Waals surface area contributed by atoms with Gasteiger partial charge in [0, 0.05) is 22.8 Å². The summed E-state index contributed by atoms with van der Waals surface area (Å²) in [6.45, 7) is 5.31. The zero-order valence-electron chi connectivity index (χ0n) is 15.9. The predicted molar refractivity (Wildman–Crippen MR) is 112 cm³/mol. The topological polar surface area (TPSA) is 30.5 Å². The number of anilines is 1. The highest BCUT2D eigenvalue weighted by atomic mass is 35.5. The Labute approximate surface area is 165 Å². The Bertz CT molecular complexity index is 924. The van der Waals surface area contributed by atoms with Gasteiger partial charge in [0.1, 0.15) is 6.61 Å². The Morgan fingerprint density at radius 3 is 2.52 bits per heavy atom. The van der Waals surface area contributed by atoms with Crippen LogP contribution >= 0.6 is 11.6 Å². The number of aryl methyl sites for hydroxylation is 2. The molecule has 0 radical (unpaired) electrons. The Balaban J connectivity index is 1.68. The fourth-order valence-electron chi connectivity index (χ4n) is 2.84. The van der Waals surface area contributed by atoms with Crippen molar-refractivity contribution >= 4 is 17.3 Å². The molecule has 0 aliphatic carbocycles. The molecule has 0 aromatic heterocycles. The Morgan fingerprint density at radius 1 is 0.926 bits per heavy atom. The summed E-state index contributed by atoms with van der Waals surface area (Å²) < 4.78 is 11.4. The molecule has 3 rings (SSSR count). The minimum Gasteiger partial charge on any atom is -0.493 e. The summed E-state index contributed by atoms with van der Waals surface area (Å²) >= 11 is 6.19. The summed E-state index contributed by atoms with van der Waals surface area (Å²) in [5.41, 5.74) is 5.68. The fourth-order valence-corrected chi connectivity index (χ4v) is 3.03. The van der Waals surface area contributed by atoms with E-state index in [0.717, 1.165) is 16.8 Å². The monoisotopic (exact) mass is 381 g/mol. The normalized spacial score (nSPS) is 10.5. The maximum Gasteiger partial charge on any atom is 0.161 e. The Hall–Kier alpha value is -2.65. The van der Waals surface area contributed by atoms with Crippen LogP contribution in [-0.4, -0.2) is 7.11 Å². The van der Waals surface area contributed by atoms with Gasteiger partial charge in [-0.15, -0.1) is 0 Å². The highest BCUT2D eigenvalue weighted by molar-refractivity contribution is 6.31. The standard InChI is InChI=1S/C23H24ClNO2/c1-16-8-9-17(2)21(12-16)25-14-18-10-11-22(23(13-18)26-3)27-15-19-6-4-5-7-20(19)24/h4-13,25H,14-15H2,1-3H3. The van der Waals surface area contributed by atoms with Gasteiger partial charge >= 0.3 is 0 Å². The van der Waals surface area contributed by atoms with E-state index in [1.165, 1.54) is 11.1 Å². The van der Waals surface area contributed by atoms with Crippen LogP contribution in [0.2, 0.25) is 5.02 Å². The van der Waals surface area contributed by atoms with Gasteiger partial charge in [0.05, 0.1) is 7.11 Å². The zero-order chi connectivity index (χ0) is 19.2. The van der Waals surface area contributed by atoms with Crippen molar-refractivity contribution in [2.75, 3.05) is 12.4 Å². The van der Waals surface area contributed by atoms with Crippen molar-refractivity contribution in [3.8, 4) is 11.5 Å². The first-order chi connectivity index (χ1) is 13.1. The maximum absolute atomic E-state index is 6.19. The quantitative estimate of drug-likeness (QED) is 0.531. The number of rotatable bonds is 7. The molecule has 0 saturated carbocycles. The van der Waals surface area contributed by atoms with Crippen molar-refractivity contribution in [2.24, 2.45) is 0 Å². The lowest BCUT2D eigenvalue weighted by molar-refractivity contribution is 0.284. The predicted octanol–water partition coefficient (Wildman–Crippen LogP) is 6.16. The smallest absolute Gasteiger partial charge is 0.161 e. The van der Waals surface area contributed by atoms with Crippen molar-refractivity contribution in [1.29, 1.82) is 0 Å². The molecule has 3 aromatic carbocycles. The van der Waals surface area contributed by atoms with Crippen molar-refractivity contribution in [3.05, 3.63) is 87.9 Å². The highest BCUT2D eigenvalue weighted by Crippen LogP contribution is 2.30. The summed E-state index contributed by atoms with van der Waals surface area (Å²) in [5.74, 6) is 1.41. The number of methoxy groups -OCH3 is 1. The molecule has 0 unspecified atom stereocenters. The first-order valence-electron chi connectivity index (χ1n) is 8.91. The van der Waals surface area contributed by atoms with E-state index in [-0.39, 0.29) is 0 Å². The second-order valence-electron chi connectivity index (χ2n) is 6.54.